The maximum Gasteiger partial charge on any atom is 0.326 e. The fourth-order valence-electron chi connectivity index (χ4n) is 1.88. The van der Waals surface area contributed by atoms with E-state index in [2.05, 4.69) is 15.9 Å². The average Bonchev–Trinajstić information content (AvgIpc) is 2.77. The van der Waals surface area contributed by atoms with Crippen molar-refractivity contribution in [3.63, 3.8) is 0 Å². The highest BCUT2D eigenvalue weighted by molar-refractivity contribution is 9.10. The van der Waals surface area contributed by atoms with Gasteiger partial charge in [0.2, 0.25) is 0 Å². The summed E-state index contributed by atoms with van der Waals surface area (Å²) in [4.78, 5) is 46.7. The summed E-state index contributed by atoms with van der Waals surface area (Å²) in [5, 5.41) is 10.3. The SMILES string of the molecule is CCOC(=O)CN1C(=O)S/C(=C\c2ccc(Br)c([N+](=O)[O-])c2)C1=O. The Hall–Kier alpha value is -2.20. The van der Waals surface area contributed by atoms with Gasteiger partial charge in [-0.05, 0) is 52.3 Å². The first-order chi connectivity index (χ1) is 11.3. The van der Waals surface area contributed by atoms with E-state index in [4.69, 9.17) is 4.74 Å². The van der Waals surface area contributed by atoms with Gasteiger partial charge in [-0.2, -0.15) is 0 Å². The highest BCUT2D eigenvalue weighted by Gasteiger charge is 2.36. The molecule has 2 rings (SSSR count). The lowest BCUT2D eigenvalue weighted by Gasteiger charge is -2.10. The van der Waals surface area contributed by atoms with Crippen LogP contribution in [0.5, 0.6) is 0 Å². The third-order valence-electron chi connectivity index (χ3n) is 2.93. The van der Waals surface area contributed by atoms with Crippen molar-refractivity contribution in [2.45, 2.75) is 6.92 Å². The van der Waals surface area contributed by atoms with E-state index in [1.807, 2.05) is 0 Å². The topological polar surface area (TPSA) is 107 Å². The third kappa shape index (κ3) is 4.01. The molecule has 0 radical (unpaired) electrons. The molecular weight excluding hydrogens is 404 g/mol. The van der Waals surface area contributed by atoms with Gasteiger partial charge in [-0.25, -0.2) is 0 Å². The molecule has 0 bridgehead atoms. The van der Waals surface area contributed by atoms with Gasteiger partial charge in [-0.1, -0.05) is 6.07 Å². The van der Waals surface area contributed by atoms with Gasteiger partial charge in [0.15, 0.2) is 0 Å². The number of carbonyl (C=O) groups is 3. The molecule has 0 spiro atoms. The monoisotopic (exact) mass is 414 g/mol. The fraction of sp³-hybridized carbons (Fsp3) is 0.214. The second kappa shape index (κ2) is 7.58. The number of nitrogens with zero attached hydrogens (tertiary/aromatic N) is 2. The first-order valence-corrected chi connectivity index (χ1v) is 8.29. The van der Waals surface area contributed by atoms with Gasteiger partial charge in [0.25, 0.3) is 16.8 Å². The van der Waals surface area contributed by atoms with Crippen LogP contribution in [-0.4, -0.2) is 40.1 Å². The van der Waals surface area contributed by atoms with E-state index < -0.39 is 28.6 Å². The number of esters is 1. The normalized spacial score (nSPS) is 15.9. The summed E-state index contributed by atoms with van der Waals surface area (Å²) in [6, 6.07) is 4.33. The zero-order chi connectivity index (χ0) is 17.9. The van der Waals surface area contributed by atoms with Gasteiger partial charge < -0.3 is 4.74 Å². The highest BCUT2D eigenvalue weighted by atomic mass is 79.9. The molecule has 1 aromatic rings. The minimum absolute atomic E-state index is 0.0842. The number of thioether (sulfide) groups is 1. The lowest BCUT2D eigenvalue weighted by atomic mass is 10.2. The molecule has 126 valence electrons. The Labute approximate surface area is 149 Å². The molecule has 1 aliphatic heterocycles. The molecule has 1 aromatic carbocycles. The van der Waals surface area contributed by atoms with E-state index in [1.54, 1.807) is 13.0 Å². The van der Waals surface area contributed by atoms with Gasteiger partial charge in [-0.3, -0.25) is 29.4 Å². The van der Waals surface area contributed by atoms with Crippen molar-refractivity contribution in [2.24, 2.45) is 0 Å². The van der Waals surface area contributed by atoms with Crippen LogP contribution < -0.4 is 0 Å². The van der Waals surface area contributed by atoms with Crippen molar-refractivity contribution in [1.82, 2.24) is 4.90 Å². The van der Waals surface area contributed by atoms with Crippen LogP contribution in [-0.2, 0) is 14.3 Å². The average molecular weight is 415 g/mol. The molecule has 0 unspecified atom stereocenters. The smallest absolute Gasteiger partial charge is 0.326 e. The number of nitro groups is 1. The second-order valence-electron chi connectivity index (χ2n) is 4.54. The number of rotatable bonds is 5. The standard InChI is InChI=1S/C14H11BrN2O6S/c1-2-23-12(18)7-16-13(19)11(24-14(16)20)6-8-3-4-9(15)10(5-8)17(21)22/h3-6H,2,7H2,1H3/b11-6-. The number of amides is 2. The maximum absolute atomic E-state index is 12.2. The van der Waals surface area contributed by atoms with Crippen LogP contribution in [0.3, 0.4) is 0 Å². The molecule has 0 N–H and O–H groups in total. The third-order valence-corrected chi connectivity index (χ3v) is 4.51. The largest absolute Gasteiger partial charge is 0.465 e. The Morgan fingerprint density at radius 3 is 2.79 bits per heavy atom. The Morgan fingerprint density at radius 1 is 1.46 bits per heavy atom. The zero-order valence-corrected chi connectivity index (χ0v) is 14.8. The molecule has 24 heavy (non-hydrogen) atoms. The Kier molecular flexibility index (Phi) is 5.73. The summed E-state index contributed by atoms with van der Waals surface area (Å²) in [6.45, 7) is 1.30. The number of nitro benzene ring substituents is 1. The van der Waals surface area contributed by atoms with Gasteiger partial charge in [0.05, 0.1) is 20.9 Å². The van der Waals surface area contributed by atoms with E-state index in [-0.39, 0.29) is 17.2 Å². The summed E-state index contributed by atoms with van der Waals surface area (Å²) in [5.74, 6) is -1.32. The molecule has 2 amide bonds. The van der Waals surface area contributed by atoms with E-state index in [9.17, 15) is 24.5 Å². The molecule has 0 aliphatic carbocycles. The van der Waals surface area contributed by atoms with Crippen LogP contribution >= 0.6 is 27.7 Å². The number of hydrogen-bond donors (Lipinski definition) is 0. The van der Waals surface area contributed by atoms with Crippen molar-refractivity contribution in [2.75, 3.05) is 13.2 Å². The van der Waals surface area contributed by atoms with Gasteiger partial charge in [0, 0.05) is 6.07 Å². The zero-order valence-electron chi connectivity index (χ0n) is 12.4. The summed E-state index contributed by atoms with van der Waals surface area (Å²) >= 11 is 3.73. The van der Waals surface area contributed by atoms with Crippen molar-refractivity contribution < 1.29 is 24.0 Å². The fourth-order valence-corrected chi connectivity index (χ4v) is 3.11. The van der Waals surface area contributed by atoms with Crippen molar-refractivity contribution >= 4 is 56.6 Å². The van der Waals surface area contributed by atoms with E-state index in [0.29, 0.717) is 21.8 Å². The summed E-state index contributed by atoms with van der Waals surface area (Å²) < 4.78 is 5.02. The minimum Gasteiger partial charge on any atom is -0.465 e. The lowest BCUT2D eigenvalue weighted by molar-refractivity contribution is -0.385. The molecule has 1 aliphatic rings. The predicted octanol–water partition coefficient (Wildman–Crippen LogP) is 2.96. The number of hydrogen-bond acceptors (Lipinski definition) is 7. The van der Waals surface area contributed by atoms with Crippen molar-refractivity contribution in [3.05, 3.63) is 43.3 Å². The molecule has 10 heteroatoms. The predicted molar refractivity (Wildman–Crippen MR) is 90.1 cm³/mol. The van der Waals surface area contributed by atoms with Crippen LogP contribution in [0.2, 0.25) is 0 Å². The van der Waals surface area contributed by atoms with Crippen LogP contribution in [0.1, 0.15) is 12.5 Å². The second-order valence-corrected chi connectivity index (χ2v) is 6.39. The van der Waals surface area contributed by atoms with E-state index in [0.717, 1.165) is 4.90 Å². The van der Waals surface area contributed by atoms with Crippen LogP contribution in [0.15, 0.2) is 27.6 Å². The number of halogens is 1. The van der Waals surface area contributed by atoms with Crippen molar-refractivity contribution in [1.29, 1.82) is 0 Å². The Bertz CT molecular complexity index is 764. The molecular formula is C14H11BrN2O6S. The van der Waals surface area contributed by atoms with Gasteiger partial charge in [0.1, 0.15) is 6.54 Å². The molecule has 0 aromatic heterocycles. The first-order valence-electron chi connectivity index (χ1n) is 6.68. The molecule has 1 fully saturated rings. The van der Waals surface area contributed by atoms with Gasteiger partial charge >= 0.3 is 5.97 Å². The maximum atomic E-state index is 12.2. The van der Waals surface area contributed by atoms with E-state index >= 15 is 0 Å². The number of benzene rings is 1. The van der Waals surface area contributed by atoms with Crippen LogP contribution in [0, 0.1) is 10.1 Å². The molecule has 0 saturated carbocycles. The summed E-state index contributed by atoms with van der Waals surface area (Å²) in [5.41, 5.74) is 0.237. The Balaban J connectivity index is 2.24. The van der Waals surface area contributed by atoms with Gasteiger partial charge in [-0.15, -0.1) is 0 Å². The highest BCUT2D eigenvalue weighted by Crippen LogP contribution is 2.33. The summed E-state index contributed by atoms with van der Waals surface area (Å²) in [7, 11) is 0. The quantitative estimate of drug-likeness (QED) is 0.315. The molecule has 0 atom stereocenters. The summed E-state index contributed by atoms with van der Waals surface area (Å²) in [6.07, 6.45) is 1.37. The van der Waals surface area contributed by atoms with Crippen LogP contribution in [0.4, 0.5) is 10.5 Å². The number of ether oxygens (including phenoxy) is 1. The van der Waals surface area contributed by atoms with Crippen molar-refractivity contribution in [3.8, 4) is 0 Å². The lowest BCUT2D eigenvalue weighted by Crippen LogP contribution is -2.34. The van der Waals surface area contributed by atoms with Crippen LogP contribution in [0.25, 0.3) is 6.08 Å². The Morgan fingerprint density at radius 2 is 2.17 bits per heavy atom. The number of carbonyl (C=O) groups excluding carboxylic acids is 3. The molecule has 8 nitrogen and oxygen atoms in total. The minimum atomic E-state index is -0.680. The molecule has 1 saturated heterocycles. The van der Waals surface area contributed by atoms with E-state index in [1.165, 1.54) is 18.2 Å². The number of imide groups is 1. The molecule has 1 heterocycles. The first kappa shape index (κ1) is 18.1.